The zero-order valence-electron chi connectivity index (χ0n) is 11.5. The third-order valence-electron chi connectivity index (χ3n) is 3.88. The van der Waals surface area contributed by atoms with Crippen LogP contribution in [-0.4, -0.2) is 41.8 Å². The lowest BCUT2D eigenvalue weighted by Crippen LogP contribution is -2.42. The Kier molecular flexibility index (Phi) is 4.56. The topological polar surface area (TPSA) is 49.8 Å². The van der Waals surface area contributed by atoms with E-state index in [9.17, 15) is 9.90 Å². The molecule has 1 heterocycles. The molecule has 0 bridgehead atoms. The van der Waals surface area contributed by atoms with Crippen LogP contribution in [0.4, 0.5) is 0 Å². The number of aliphatic carboxylic acids is 1. The van der Waals surface area contributed by atoms with Crippen LogP contribution in [0.5, 0.6) is 0 Å². The lowest BCUT2D eigenvalue weighted by Gasteiger charge is -2.29. The number of hydrogen-bond donors (Lipinski definition) is 1. The largest absolute Gasteiger partial charge is 0.481 e. The molecule has 0 radical (unpaired) electrons. The minimum atomic E-state index is -0.759. The third-order valence-corrected chi connectivity index (χ3v) is 3.88. The fourth-order valence-corrected chi connectivity index (χ4v) is 2.61. The van der Waals surface area contributed by atoms with Crippen LogP contribution in [0.3, 0.4) is 0 Å². The summed E-state index contributed by atoms with van der Waals surface area (Å²) >= 11 is 0. The van der Waals surface area contributed by atoms with Gasteiger partial charge in [0.1, 0.15) is 0 Å². The SMILES string of the molecule is CCN(Cc1ccccc1C)C1COCC1C(=O)O. The van der Waals surface area contributed by atoms with Crippen LogP contribution < -0.4 is 0 Å². The summed E-state index contributed by atoms with van der Waals surface area (Å²) in [6.07, 6.45) is 0. The summed E-state index contributed by atoms with van der Waals surface area (Å²) in [5.41, 5.74) is 2.49. The molecule has 2 atom stereocenters. The smallest absolute Gasteiger partial charge is 0.310 e. The van der Waals surface area contributed by atoms with Gasteiger partial charge in [-0.3, -0.25) is 9.69 Å². The highest BCUT2D eigenvalue weighted by atomic mass is 16.5. The second-order valence-corrected chi connectivity index (χ2v) is 5.04. The molecule has 19 heavy (non-hydrogen) atoms. The van der Waals surface area contributed by atoms with Gasteiger partial charge in [0.25, 0.3) is 0 Å². The summed E-state index contributed by atoms with van der Waals surface area (Å²) in [5.74, 6) is -1.17. The van der Waals surface area contributed by atoms with Gasteiger partial charge in [-0.25, -0.2) is 0 Å². The highest BCUT2D eigenvalue weighted by Crippen LogP contribution is 2.22. The van der Waals surface area contributed by atoms with E-state index in [-0.39, 0.29) is 6.04 Å². The van der Waals surface area contributed by atoms with Crippen molar-refractivity contribution in [1.82, 2.24) is 4.90 Å². The van der Waals surface area contributed by atoms with E-state index < -0.39 is 11.9 Å². The molecule has 104 valence electrons. The van der Waals surface area contributed by atoms with E-state index in [1.54, 1.807) is 0 Å². The quantitative estimate of drug-likeness (QED) is 0.881. The molecule has 4 nitrogen and oxygen atoms in total. The minimum absolute atomic E-state index is 0.0258. The normalized spacial score (nSPS) is 22.9. The van der Waals surface area contributed by atoms with Crippen molar-refractivity contribution in [2.24, 2.45) is 5.92 Å². The molecule has 1 aliphatic heterocycles. The number of rotatable bonds is 5. The summed E-state index contributed by atoms with van der Waals surface area (Å²) in [6, 6.07) is 8.21. The Bertz CT molecular complexity index is 447. The second-order valence-electron chi connectivity index (χ2n) is 5.04. The third kappa shape index (κ3) is 3.14. The first-order valence-corrected chi connectivity index (χ1v) is 6.72. The molecule has 1 aromatic carbocycles. The summed E-state index contributed by atoms with van der Waals surface area (Å²) in [7, 11) is 0. The van der Waals surface area contributed by atoms with E-state index in [0.717, 1.165) is 13.1 Å². The van der Waals surface area contributed by atoms with Crippen molar-refractivity contribution in [3.05, 3.63) is 35.4 Å². The first kappa shape index (κ1) is 14.0. The summed E-state index contributed by atoms with van der Waals surface area (Å²) < 4.78 is 5.36. The fraction of sp³-hybridized carbons (Fsp3) is 0.533. The number of carboxylic acids is 1. The summed E-state index contributed by atoms with van der Waals surface area (Å²) in [5, 5.41) is 9.24. The number of carbonyl (C=O) groups is 1. The predicted molar refractivity (Wildman–Crippen MR) is 73.0 cm³/mol. The van der Waals surface area contributed by atoms with Gasteiger partial charge in [-0.05, 0) is 24.6 Å². The van der Waals surface area contributed by atoms with Crippen molar-refractivity contribution < 1.29 is 14.6 Å². The van der Waals surface area contributed by atoms with Crippen LogP contribution in [0, 0.1) is 12.8 Å². The van der Waals surface area contributed by atoms with Gasteiger partial charge >= 0.3 is 5.97 Å². The fourth-order valence-electron chi connectivity index (χ4n) is 2.61. The summed E-state index contributed by atoms with van der Waals surface area (Å²) in [6.45, 7) is 6.59. The van der Waals surface area contributed by atoms with E-state index in [4.69, 9.17) is 4.74 Å². The number of hydrogen-bond acceptors (Lipinski definition) is 3. The van der Waals surface area contributed by atoms with Crippen molar-refractivity contribution in [3.8, 4) is 0 Å². The number of ether oxygens (including phenoxy) is 1. The van der Waals surface area contributed by atoms with Gasteiger partial charge in [0.15, 0.2) is 0 Å². The molecule has 1 fully saturated rings. The van der Waals surface area contributed by atoms with E-state index in [1.807, 2.05) is 12.1 Å². The molecule has 0 amide bonds. The van der Waals surface area contributed by atoms with E-state index >= 15 is 0 Å². The monoisotopic (exact) mass is 263 g/mol. The van der Waals surface area contributed by atoms with Crippen LogP contribution >= 0.6 is 0 Å². The average Bonchev–Trinajstić information content (AvgIpc) is 2.87. The highest BCUT2D eigenvalue weighted by Gasteiger charge is 2.37. The van der Waals surface area contributed by atoms with Crippen molar-refractivity contribution in [3.63, 3.8) is 0 Å². The summed E-state index contributed by atoms with van der Waals surface area (Å²) in [4.78, 5) is 13.4. The average molecular weight is 263 g/mol. The zero-order valence-corrected chi connectivity index (χ0v) is 11.5. The molecule has 0 aliphatic carbocycles. The van der Waals surface area contributed by atoms with Gasteiger partial charge < -0.3 is 9.84 Å². The zero-order chi connectivity index (χ0) is 13.8. The maximum Gasteiger partial charge on any atom is 0.310 e. The number of likely N-dealkylation sites (N-methyl/N-ethyl adjacent to an activating group) is 1. The van der Waals surface area contributed by atoms with Gasteiger partial charge in [0.2, 0.25) is 0 Å². The van der Waals surface area contributed by atoms with Crippen molar-refractivity contribution in [2.75, 3.05) is 19.8 Å². The standard InChI is InChI=1S/C15H21NO3/c1-3-16(8-12-7-5-4-6-11(12)2)14-10-19-9-13(14)15(17)18/h4-7,13-14H,3,8-10H2,1-2H3,(H,17,18). The number of benzene rings is 1. The van der Waals surface area contributed by atoms with Crippen LogP contribution in [0.25, 0.3) is 0 Å². The van der Waals surface area contributed by atoms with Crippen molar-refractivity contribution in [1.29, 1.82) is 0 Å². The van der Waals surface area contributed by atoms with Gasteiger partial charge in [0.05, 0.1) is 19.1 Å². The van der Waals surface area contributed by atoms with Gasteiger partial charge in [-0.1, -0.05) is 31.2 Å². The van der Waals surface area contributed by atoms with Gasteiger partial charge in [0, 0.05) is 12.6 Å². The molecule has 0 saturated carbocycles. The molecular weight excluding hydrogens is 242 g/mol. The molecule has 1 saturated heterocycles. The Hall–Kier alpha value is -1.39. The molecule has 0 aromatic heterocycles. The first-order chi connectivity index (χ1) is 9.13. The Morgan fingerprint density at radius 2 is 2.16 bits per heavy atom. The molecule has 2 rings (SSSR count). The minimum Gasteiger partial charge on any atom is -0.481 e. The van der Waals surface area contributed by atoms with Crippen molar-refractivity contribution in [2.45, 2.75) is 26.4 Å². The predicted octanol–water partition coefficient (Wildman–Crippen LogP) is 1.92. The molecular formula is C15H21NO3. The lowest BCUT2D eigenvalue weighted by molar-refractivity contribution is -0.143. The van der Waals surface area contributed by atoms with E-state index in [0.29, 0.717) is 13.2 Å². The molecule has 1 aliphatic rings. The van der Waals surface area contributed by atoms with Crippen LogP contribution in [0.15, 0.2) is 24.3 Å². The Morgan fingerprint density at radius 1 is 1.42 bits per heavy atom. The Balaban J connectivity index is 2.12. The highest BCUT2D eigenvalue weighted by molar-refractivity contribution is 5.71. The number of aryl methyl sites for hydroxylation is 1. The first-order valence-electron chi connectivity index (χ1n) is 6.72. The number of nitrogens with zero attached hydrogens (tertiary/aromatic N) is 1. The van der Waals surface area contributed by atoms with Crippen molar-refractivity contribution >= 4 is 5.97 Å². The van der Waals surface area contributed by atoms with Crippen LogP contribution in [0.1, 0.15) is 18.1 Å². The maximum absolute atomic E-state index is 11.2. The number of carboxylic acid groups (broad SMARTS) is 1. The van der Waals surface area contributed by atoms with Crippen LogP contribution in [-0.2, 0) is 16.1 Å². The maximum atomic E-state index is 11.2. The van der Waals surface area contributed by atoms with Gasteiger partial charge in [-0.2, -0.15) is 0 Å². The van der Waals surface area contributed by atoms with Gasteiger partial charge in [-0.15, -0.1) is 0 Å². The van der Waals surface area contributed by atoms with E-state index in [1.165, 1.54) is 11.1 Å². The Morgan fingerprint density at radius 3 is 2.79 bits per heavy atom. The molecule has 1 aromatic rings. The molecule has 1 N–H and O–H groups in total. The molecule has 2 unspecified atom stereocenters. The Labute approximate surface area is 114 Å². The molecule has 4 heteroatoms. The van der Waals surface area contributed by atoms with E-state index in [2.05, 4.69) is 30.9 Å². The second kappa shape index (κ2) is 6.17. The molecule has 0 spiro atoms. The lowest BCUT2D eigenvalue weighted by atomic mass is 10.0. The van der Waals surface area contributed by atoms with Crippen LogP contribution in [0.2, 0.25) is 0 Å².